The Morgan fingerprint density at radius 3 is 2.93 bits per heavy atom. The first-order valence-electron chi connectivity index (χ1n) is 9.23. The van der Waals surface area contributed by atoms with E-state index < -0.39 is 0 Å². The third-order valence-corrected chi connectivity index (χ3v) is 5.65. The van der Waals surface area contributed by atoms with Gasteiger partial charge in [-0.05, 0) is 31.9 Å². The molecule has 1 saturated carbocycles. The maximum Gasteiger partial charge on any atom is 0.275 e. The molecule has 0 atom stereocenters. The lowest BCUT2D eigenvalue weighted by Crippen LogP contribution is -2.35. The maximum atomic E-state index is 12.6. The van der Waals surface area contributed by atoms with Gasteiger partial charge < -0.3 is 15.1 Å². The number of carbonyl (C=O) groups is 2. The lowest BCUT2D eigenvalue weighted by Gasteiger charge is -2.11. The summed E-state index contributed by atoms with van der Waals surface area (Å²) >= 11 is 1.40. The predicted molar refractivity (Wildman–Crippen MR) is 105 cm³/mol. The predicted octanol–water partition coefficient (Wildman–Crippen LogP) is 3.22. The Bertz CT molecular complexity index is 970. The second-order valence-electron chi connectivity index (χ2n) is 6.83. The molecule has 28 heavy (non-hydrogen) atoms. The van der Waals surface area contributed by atoms with Gasteiger partial charge in [-0.15, -0.1) is 11.3 Å². The fourth-order valence-corrected chi connectivity index (χ4v) is 4.19. The Balaban J connectivity index is 1.37. The van der Waals surface area contributed by atoms with E-state index in [1.54, 1.807) is 24.6 Å². The van der Waals surface area contributed by atoms with Crippen LogP contribution in [0.1, 0.15) is 41.0 Å². The largest absolute Gasteiger partial charge is 0.462 e. The number of aryl methyl sites for hydroxylation is 1. The van der Waals surface area contributed by atoms with E-state index in [4.69, 9.17) is 4.42 Å². The summed E-state index contributed by atoms with van der Waals surface area (Å²) in [7, 11) is 0. The van der Waals surface area contributed by atoms with Crippen molar-refractivity contribution < 1.29 is 14.0 Å². The minimum Gasteiger partial charge on any atom is -0.462 e. The normalized spacial score (nSPS) is 14.3. The summed E-state index contributed by atoms with van der Waals surface area (Å²) in [5, 5.41) is 10.6. The number of furan rings is 1. The Kier molecular flexibility index (Phi) is 5.25. The molecule has 8 nitrogen and oxygen atoms in total. The Morgan fingerprint density at radius 2 is 2.18 bits per heavy atom. The van der Waals surface area contributed by atoms with Crippen LogP contribution in [0.4, 0.5) is 5.69 Å². The van der Waals surface area contributed by atoms with Crippen LogP contribution < -0.4 is 10.6 Å². The Labute approximate surface area is 166 Å². The van der Waals surface area contributed by atoms with E-state index in [0.717, 1.165) is 17.7 Å². The van der Waals surface area contributed by atoms with Crippen molar-refractivity contribution >= 4 is 28.8 Å². The molecule has 0 radical (unpaired) electrons. The molecule has 0 bridgehead atoms. The number of amides is 2. The first-order valence-corrected chi connectivity index (χ1v) is 10.0. The van der Waals surface area contributed by atoms with Crippen molar-refractivity contribution in [3.05, 3.63) is 41.4 Å². The number of anilines is 1. The van der Waals surface area contributed by atoms with Crippen molar-refractivity contribution in [2.45, 2.75) is 45.2 Å². The highest BCUT2D eigenvalue weighted by molar-refractivity contribution is 7.15. The van der Waals surface area contributed by atoms with Crippen LogP contribution in [-0.2, 0) is 11.3 Å². The molecule has 146 valence electrons. The minimum absolute atomic E-state index is 0.0636. The molecule has 1 aliphatic carbocycles. The van der Waals surface area contributed by atoms with Crippen molar-refractivity contribution in [2.75, 3.05) is 5.32 Å². The zero-order valence-corrected chi connectivity index (χ0v) is 16.3. The van der Waals surface area contributed by atoms with Gasteiger partial charge in [-0.25, -0.2) is 4.98 Å². The zero-order valence-electron chi connectivity index (χ0n) is 15.5. The lowest BCUT2D eigenvalue weighted by atomic mass is 10.2. The van der Waals surface area contributed by atoms with Gasteiger partial charge in [0.2, 0.25) is 5.91 Å². The topological polar surface area (TPSA) is 102 Å². The molecule has 9 heteroatoms. The van der Waals surface area contributed by atoms with Crippen LogP contribution in [0.2, 0.25) is 0 Å². The molecule has 0 unspecified atom stereocenters. The Hall–Kier alpha value is -2.94. The second-order valence-corrected chi connectivity index (χ2v) is 8.03. The standard InChI is InChI=1S/C19H21N5O3S/c1-12-17(23-19(28-12)15-7-4-8-27-15)18(26)22-14-9-20-24(10-14)11-16(25)21-13-5-2-3-6-13/h4,7-10,13H,2-3,5-6,11H2,1H3,(H,21,25)(H,22,26). The number of nitrogens with zero attached hydrogens (tertiary/aromatic N) is 3. The van der Waals surface area contributed by atoms with E-state index >= 15 is 0 Å². The van der Waals surface area contributed by atoms with Crippen LogP contribution in [0, 0.1) is 6.92 Å². The zero-order chi connectivity index (χ0) is 19.5. The molecule has 0 aliphatic heterocycles. The highest BCUT2D eigenvalue weighted by Crippen LogP contribution is 2.28. The third kappa shape index (κ3) is 4.14. The fraction of sp³-hybridized carbons (Fsp3) is 0.368. The summed E-state index contributed by atoms with van der Waals surface area (Å²) in [6, 6.07) is 3.86. The van der Waals surface area contributed by atoms with Crippen molar-refractivity contribution in [3.8, 4) is 10.8 Å². The summed E-state index contributed by atoms with van der Waals surface area (Å²) in [4.78, 5) is 29.9. The molecule has 2 N–H and O–H groups in total. The van der Waals surface area contributed by atoms with Crippen LogP contribution in [0.3, 0.4) is 0 Å². The second kappa shape index (κ2) is 7.97. The van der Waals surface area contributed by atoms with E-state index in [0.29, 0.717) is 22.1 Å². The van der Waals surface area contributed by atoms with E-state index in [9.17, 15) is 9.59 Å². The van der Waals surface area contributed by atoms with Gasteiger partial charge in [0, 0.05) is 17.1 Å². The molecule has 4 rings (SSSR count). The van der Waals surface area contributed by atoms with E-state index in [1.165, 1.54) is 35.1 Å². The molecule has 2 amide bonds. The molecule has 0 saturated heterocycles. The lowest BCUT2D eigenvalue weighted by molar-refractivity contribution is -0.122. The quantitative estimate of drug-likeness (QED) is 0.663. The SMILES string of the molecule is Cc1sc(-c2ccco2)nc1C(=O)Nc1cnn(CC(=O)NC2CCCC2)c1. The van der Waals surface area contributed by atoms with E-state index in [-0.39, 0.29) is 24.4 Å². The van der Waals surface area contributed by atoms with Crippen LogP contribution in [-0.4, -0.2) is 32.6 Å². The van der Waals surface area contributed by atoms with Gasteiger partial charge in [0.1, 0.15) is 12.2 Å². The number of nitrogens with one attached hydrogen (secondary N) is 2. The van der Waals surface area contributed by atoms with E-state index in [2.05, 4.69) is 20.7 Å². The molecule has 1 aliphatic rings. The summed E-state index contributed by atoms with van der Waals surface area (Å²) < 4.78 is 6.85. The molecule has 3 heterocycles. The number of rotatable bonds is 6. The number of hydrogen-bond acceptors (Lipinski definition) is 6. The first kappa shape index (κ1) is 18.4. The minimum atomic E-state index is -0.318. The number of carbonyl (C=O) groups excluding carboxylic acids is 2. The smallest absolute Gasteiger partial charge is 0.275 e. The summed E-state index contributed by atoms with van der Waals surface area (Å²) in [5.74, 6) is 0.251. The molecule has 0 spiro atoms. The fourth-order valence-electron chi connectivity index (χ4n) is 3.31. The van der Waals surface area contributed by atoms with Crippen LogP contribution in [0.25, 0.3) is 10.8 Å². The van der Waals surface area contributed by atoms with Gasteiger partial charge in [-0.3, -0.25) is 14.3 Å². The summed E-state index contributed by atoms with van der Waals surface area (Å²) in [6.07, 6.45) is 9.15. The molecule has 3 aromatic heterocycles. The molecule has 1 fully saturated rings. The van der Waals surface area contributed by atoms with Crippen LogP contribution in [0.15, 0.2) is 35.2 Å². The van der Waals surface area contributed by atoms with Gasteiger partial charge in [-0.2, -0.15) is 5.10 Å². The van der Waals surface area contributed by atoms with Gasteiger partial charge in [0.05, 0.1) is 18.1 Å². The van der Waals surface area contributed by atoms with E-state index in [1.807, 2.05) is 6.92 Å². The summed E-state index contributed by atoms with van der Waals surface area (Å²) in [6.45, 7) is 1.97. The number of thiazole rings is 1. The van der Waals surface area contributed by atoms with Crippen LogP contribution in [0.5, 0.6) is 0 Å². The average Bonchev–Trinajstić information content (AvgIpc) is 3.42. The monoisotopic (exact) mass is 399 g/mol. The van der Waals surface area contributed by atoms with Crippen molar-refractivity contribution in [2.24, 2.45) is 0 Å². The van der Waals surface area contributed by atoms with Crippen molar-refractivity contribution in [1.82, 2.24) is 20.1 Å². The van der Waals surface area contributed by atoms with Crippen molar-refractivity contribution in [1.29, 1.82) is 0 Å². The molecule has 0 aromatic carbocycles. The van der Waals surface area contributed by atoms with Gasteiger partial charge in [-0.1, -0.05) is 12.8 Å². The molecule has 3 aromatic rings. The highest BCUT2D eigenvalue weighted by Gasteiger charge is 2.19. The van der Waals surface area contributed by atoms with Crippen LogP contribution >= 0.6 is 11.3 Å². The summed E-state index contributed by atoms with van der Waals surface area (Å²) in [5.41, 5.74) is 0.869. The average molecular weight is 399 g/mol. The van der Waals surface area contributed by atoms with Gasteiger partial charge >= 0.3 is 0 Å². The number of aromatic nitrogens is 3. The van der Waals surface area contributed by atoms with Crippen molar-refractivity contribution in [3.63, 3.8) is 0 Å². The van der Waals surface area contributed by atoms with Gasteiger partial charge in [0.25, 0.3) is 5.91 Å². The highest BCUT2D eigenvalue weighted by atomic mass is 32.1. The Morgan fingerprint density at radius 1 is 1.36 bits per heavy atom. The first-order chi connectivity index (χ1) is 13.6. The maximum absolute atomic E-state index is 12.6. The molecular weight excluding hydrogens is 378 g/mol. The molecular formula is C19H21N5O3S. The van der Waals surface area contributed by atoms with Gasteiger partial charge in [0.15, 0.2) is 10.8 Å². The number of hydrogen-bond donors (Lipinski definition) is 2. The third-order valence-electron chi connectivity index (χ3n) is 4.66.